The van der Waals surface area contributed by atoms with Crippen LogP contribution in [0.5, 0.6) is 0 Å². The molecule has 0 N–H and O–H groups in total. The third-order valence-electron chi connectivity index (χ3n) is 4.76. The number of nitrogens with zero attached hydrogens (tertiary/aromatic N) is 3. The third kappa shape index (κ3) is 4.20. The van der Waals surface area contributed by atoms with Gasteiger partial charge in [0.05, 0.1) is 17.0 Å². The Morgan fingerprint density at radius 1 is 1.17 bits per heavy atom. The second-order valence-corrected chi connectivity index (χ2v) is 9.16. The van der Waals surface area contributed by atoms with Crippen molar-refractivity contribution in [3.05, 3.63) is 67.8 Å². The van der Waals surface area contributed by atoms with E-state index in [-0.39, 0.29) is 17.7 Å². The molecule has 156 valence electrons. The lowest BCUT2D eigenvalue weighted by molar-refractivity contribution is -0.384. The normalized spacial score (nSPS) is 16.7. The molecular formula is C21H20IN3O5. The Bertz CT molecular complexity index is 1030. The minimum atomic E-state index is -0.997. The molecule has 2 aromatic rings. The summed E-state index contributed by atoms with van der Waals surface area (Å²) in [5.41, 5.74) is -0.481. The quantitative estimate of drug-likeness (QED) is 0.264. The van der Waals surface area contributed by atoms with E-state index in [9.17, 15) is 24.5 Å². The van der Waals surface area contributed by atoms with Gasteiger partial charge in [-0.2, -0.15) is 0 Å². The second-order valence-electron chi connectivity index (χ2n) is 7.92. The van der Waals surface area contributed by atoms with E-state index in [1.54, 1.807) is 45.0 Å². The SMILES string of the molecule is CC(C)(C)N(C(=O)c1cccc([N+](=O)[O-])c1)C1CC(=O)N(c2ccc(I)cc2)C1=O. The first kappa shape index (κ1) is 21.9. The summed E-state index contributed by atoms with van der Waals surface area (Å²) in [6, 6.07) is 11.3. The van der Waals surface area contributed by atoms with Crippen LogP contribution in [0.4, 0.5) is 11.4 Å². The maximum Gasteiger partial charge on any atom is 0.270 e. The smallest absolute Gasteiger partial charge is 0.270 e. The van der Waals surface area contributed by atoms with Gasteiger partial charge in [-0.15, -0.1) is 0 Å². The fraction of sp³-hybridized carbons (Fsp3) is 0.286. The predicted molar refractivity (Wildman–Crippen MR) is 119 cm³/mol. The zero-order chi connectivity index (χ0) is 22.2. The molecule has 2 aromatic carbocycles. The largest absolute Gasteiger partial charge is 0.321 e. The molecule has 1 atom stereocenters. The molecule has 3 rings (SSSR count). The Kier molecular flexibility index (Phi) is 5.93. The molecule has 1 aliphatic rings. The van der Waals surface area contributed by atoms with Crippen molar-refractivity contribution in [2.45, 2.75) is 38.8 Å². The minimum absolute atomic E-state index is 0.0899. The topological polar surface area (TPSA) is 101 Å². The van der Waals surface area contributed by atoms with Gasteiger partial charge in [0.15, 0.2) is 0 Å². The molecule has 3 amide bonds. The van der Waals surface area contributed by atoms with Crippen LogP contribution in [0, 0.1) is 13.7 Å². The van der Waals surface area contributed by atoms with Gasteiger partial charge < -0.3 is 4.90 Å². The van der Waals surface area contributed by atoms with Crippen molar-refractivity contribution < 1.29 is 19.3 Å². The molecule has 0 spiro atoms. The fourth-order valence-electron chi connectivity index (χ4n) is 3.48. The van der Waals surface area contributed by atoms with Crippen LogP contribution in [0.25, 0.3) is 0 Å². The number of rotatable bonds is 4. The molecule has 1 fully saturated rings. The average Bonchev–Trinajstić information content (AvgIpc) is 2.95. The molecule has 1 heterocycles. The zero-order valence-electron chi connectivity index (χ0n) is 16.7. The third-order valence-corrected chi connectivity index (χ3v) is 5.48. The minimum Gasteiger partial charge on any atom is -0.321 e. The van der Waals surface area contributed by atoms with Gasteiger partial charge in [-0.3, -0.25) is 24.5 Å². The van der Waals surface area contributed by atoms with Gasteiger partial charge in [0, 0.05) is 26.8 Å². The number of carbonyl (C=O) groups is 3. The summed E-state index contributed by atoms with van der Waals surface area (Å²) < 4.78 is 0.962. The van der Waals surface area contributed by atoms with Crippen LogP contribution in [-0.4, -0.2) is 39.1 Å². The molecule has 0 aromatic heterocycles. The number of hydrogen-bond donors (Lipinski definition) is 0. The van der Waals surface area contributed by atoms with Crippen molar-refractivity contribution in [1.29, 1.82) is 0 Å². The number of halogens is 1. The van der Waals surface area contributed by atoms with Crippen LogP contribution in [0.1, 0.15) is 37.6 Å². The first-order chi connectivity index (χ1) is 14.0. The second kappa shape index (κ2) is 8.13. The van der Waals surface area contributed by atoms with E-state index >= 15 is 0 Å². The number of anilines is 1. The molecule has 9 heteroatoms. The van der Waals surface area contributed by atoms with E-state index in [0.29, 0.717) is 5.69 Å². The molecule has 0 aliphatic carbocycles. The first-order valence-electron chi connectivity index (χ1n) is 9.21. The number of carbonyl (C=O) groups excluding carboxylic acids is 3. The molecule has 0 radical (unpaired) electrons. The Labute approximate surface area is 187 Å². The van der Waals surface area contributed by atoms with E-state index in [1.807, 2.05) is 0 Å². The Morgan fingerprint density at radius 3 is 2.37 bits per heavy atom. The lowest BCUT2D eigenvalue weighted by Gasteiger charge is -2.39. The van der Waals surface area contributed by atoms with Crippen LogP contribution in [-0.2, 0) is 9.59 Å². The lowest BCUT2D eigenvalue weighted by Crippen LogP contribution is -2.54. The molecule has 8 nitrogen and oxygen atoms in total. The molecule has 1 aliphatic heterocycles. The van der Waals surface area contributed by atoms with E-state index in [4.69, 9.17) is 0 Å². The van der Waals surface area contributed by atoms with Gasteiger partial charge in [-0.25, -0.2) is 4.90 Å². The number of amides is 3. The van der Waals surface area contributed by atoms with Gasteiger partial charge in [0.2, 0.25) is 5.91 Å². The van der Waals surface area contributed by atoms with Crippen LogP contribution in [0.2, 0.25) is 0 Å². The predicted octanol–water partition coefficient (Wildman–Crippen LogP) is 3.77. The Hall–Kier alpha value is -2.82. The summed E-state index contributed by atoms with van der Waals surface area (Å²) in [7, 11) is 0. The van der Waals surface area contributed by atoms with Crippen LogP contribution in [0.15, 0.2) is 48.5 Å². The Morgan fingerprint density at radius 2 is 1.80 bits per heavy atom. The van der Waals surface area contributed by atoms with Crippen LogP contribution in [0.3, 0.4) is 0 Å². The zero-order valence-corrected chi connectivity index (χ0v) is 18.8. The molecular weight excluding hydrogens is 501 g/mol. The van der Waals surface area contributed by atoms with Crippen molar-refractivity contribution in [2.24, 2.45) is 0 Å². The molecule has 30 heavy (non-hydrogen) atoms. The standard InChI is InChI=1S/C21H20IN3O5/c1-21(2,3)24(19(27)13-5-4-6-16(11-13)25(29)30)17-12-18(26)23(20(17)28)15-9-7-14(22)8-10-15/h4-11,17H,12H2,1-3H3. The summed E-state index contributed by atoms with van der Waals surface area (Å²) >= 11 is 2.13. The van der Waals surface area contributed by atoms with E-state index in [1.165, 1.54) is 29.2 Å². The van der Waals surface area contributed by atoms with Gasteiger partial charge in [-0.1, -0.05) is 6.07 Å². The van der Waals surface area contributed by atoms with E-state index in [0.717, 1.165) is 8.47 Å². The highest BCUT2D eigenvalue weighted by Crippen LogP contribution is 2.31. The van der Waals surface area contributed by atoms with Gasteiger partial charge >= 0.3 is 0 Å². The summed E-state index contributed by atoms with van der Waals surface area (Å²) in [5.74, 6) is -1.43. The van der Waals surface area contributed by atoms with E-state index in [2.05, 4.69) is 22.6 Å². The monoisotopic (exact) mass is 521 g/mol. The molecule has 1 unspecified atom stereocenters. The number of imide groups is 1. The highest BCUT2D eigenvalue weighted by molar-refractivity contribution is 14.1. The van der Waals surface area contributed by atoms with Gasteiger partial charge in [-0.05, 0) is 73.7 Å². The average molecular weight is 521 g/mol. The maximum atomic E-state index is 13.3. The van der Waals surface area contributed by atoms with Crippen LogP contribution < -0.4 is 4.90 Å². The van der Waals surface area contributed by atoms with Gasteiger partial charge in [0.1, 0.15) is 6.04 Å². The van der Waals surface area contributed by atoms with Gasteiger partial charge in [0.25, 0.3) is 17.5 Å². The lowest BCUT2D eigenvalue weighted by atomic mass is 9.99. The van der Waals surface area contributed by atoms with Crippen molar-refractivity contribution in [1.82, 2.24) is 4.90 Å². The molecule has 0 saturated carbocycles. The van der Waals surface area contributed by atoms with Crippen molar-refractivity contribution in [3.8, 4) is 0 Å². The summed E-state index contributed by atoms with van der Waals surface area (Å²) in [4.78, 5) is 52.2. The van der Waals surface area contributed by atoms with Crippen LogP contribution >= 0.6 is 22.6 Å². The number of non-ortho nitro benzene ring substituents is 1. The van der Waals surface area contributed by atoms with E-state index < -0.39 is 34.2 Å². The molecule has 1 saturated heterocycles. The Balaban J connectivity index is 1.98. The summed E-state index contributed by atoms with van der Waals surface area (Å²) in [6.45, 7) is 5.27. The number of hydrogen-bond acceptors (Lipinski definition) is 5. The van der Waals surface area contributed by atoms with Crippen molar-refractivity contribution in [3.63, 3.8) is 0 Å². The maximum absolute atomic E-state index is 13.3. The summed E-state index contributed by atoms with van der Waals surface area (Å²) in [6.07, 6.45) is -0.150. The van der Waals surface area contributed by atoms with Crippen molar-refractivity contribution >= 4 is 51.7 Å². The number of benzene rings is 2. The summed E-state index contributed by atoms with van der Waals surface area (Å²) in [5, 5.41) is 11.1. The number of nitro groups is 1. The fourth-order valence-corrected chi connectivity index (χ4v) is 3.84. The first-order valence-corrected chi connectivity index (χ1v) is 10.3. The highest BCUT2D eigenvalue weighted by Gasteiger charge is 2.47. The highest BCUT2D eigenvalue weighted by atomic mass is 127. The number of nitro benzene ring substituents is 1. The molecule has 0 bridgehead atoms. The van der Waals surface area contributed by atoms with Crippen molar-refractivity contribution in [2.75, 3.05) is 4.90 Å².